The fourth-order valence-corrected chi connectivity index (χ4v) is 5.34. The molecule has 118 valence electrons. The Bertz CT molecular complexity index is 411. The third-order valence-electron chi connectivity index (χ3n) is 4.42. The highest BCUT2D eigenvalue weighted by Gasteiger charge is 2.40. The number of piperidine rings is 1. The van der Waals surface area contributed by atoms with Crippen LogP contribution >= 0.6 is 0 Å². The maximum absolute atomic E-state index is 12.9. The largest absolute Gasteiger partial charge is 0.313 e. The molecule has 0 saturated carbocycles. The number of hydrogen-bond acceptors (Lipinski definition) is 3. The van der Waals surface area contributed by atoms with Crippen molar-refractivity contribution in [3.8, 4) is 0 Å². The number of hydrogen-bond donors (Lipinski definition) is 1. The molecule has 2 unspecified atom stereocenters. The molecule has 6 heteroatoms. The Morgan fingerprint density at radius 2 is 1.80 bits per heavy atom. The lowest BCUT2D eigenvalue weighted by Gasteiger charge is -2.38. The lowest BCUT2D eigenvalue weighted by molar-refractivity contribution is 0.222. The standard InChI is InChI=1S/C14H29N3O2S/c1-12(2)15-11-14-8-4-5-9-17(14)20(18,19)16-10-6-7-13(16)3/h12-15H,4-11H2,1-3H3. The van der Waals surface area contributed by atoms with Crippen LogP contribution in [0.15, 0.2) is 0 Å². The van der Waals surface area contributed by atoms with Crippen LogP contribution in [-0.2, 0) is 10.2 Å². The van der Waals surface area contributed by atoms with Crippen LogP contribution in [0, 0.1) is 0 Å². The van der Waals surface area contributed by atoms with E-state index >= 15 is 0 Å². The normalized spacial score (nSPS) is 30.2. The zero-order valence-corrected chi connectivity index (χ0v) is 13.8. The molecule has 2 atom stereocenters. The molecule has 0 bridgehead atoms. The Hall–Kier alpha value is -0.170. The second kappa shape index (κ2) is 6.73. The van der Waals surface area contributed by atoms with E-state index in [-0.39, 0.29) is 12.1 Å². The molecular formula is C14H29N3O2S. The quantitative estimate of drug-likeness (QED) is 0.839. The first kappa shape index (κ1) is 16.2. The minimum absolute atomic E-state index is 0.115. The molecule has 0 amide bonds. The topological polar surface area (TPSA) is 52.7 Å². The first-order valence-electron chi connectivity index (χ1n) is 7.95. The van der Waals surface area contributed by atoms with Crippen molar-refractivity contribution in [2.24, 2.45) is 0 Å². The van der Waals surface area contributed by atoms with Gasteiger partial charge in [0.15, 0.2) is 0 Å². The van der Waals surface area contributed by atoms with Crippen LogP contribution in [0.3, 0.4) is 0 Å². The van der Waals surface area contributed by atoms with E-state index in [1.807, 2.05) is 6.92 Å². The third kappa shape index (κ3) is 3.53. The Morgan fingerprint density at radius 3 is 2.40 bits per heavy atom. The molecule has 2 rings (SSSR count). The molecule has 2 heterocycles. The minimum Gasteiger partial charge on any atom is -0.313 e. The summed E-state index contributed by atoms with van der Waals surface area (Å²) in [5, 5.41) is 3.39. The van der Waals surface area contributed by atoms with Crippen molar-refractivity contribution in [3.05, 3.63) is 0 Å². The second-order valence-corrected chi connectivity index (χ2v) is 8.27. The average Bonchev–Trinajstić information content (AvgIpc) is 2.83. The van der Waals surface area contributed by atoms with Gasteiger partial charge >= 0.3 is 0 Å². The summed E-state index contributed by atoms with van der Waals surface area (Å²) in [4.78, 5) is 0. The number of rotatable bonds is 5. The summed E-state index contributed by atoms with van der Waals surface area (Å²) in [5.41, 5.74) is 0. The van der Waals surface area contributed by atoms with Gasteiger partial charge in [0, 0.05) is 37.8 Å². The van der Waals surface area contributed by atoms with Crippen molar-refractivity contribution in [1.82, 2.24) is 13.9 Å². The molecule has 2 aliphatic rings. The fraction of sp³-hybridized carbons (Fsp3) is 1.00. The van der Waals surface area contributed by atoms with Gasteiger partial charge in [0.25, 0.3) is 10.2 Å². The van der Waals surface area contributed by atoms with Crippen LogP contribution in [0.2, 0.25) is 0 Å². The molecule has 2 saturated heterocycles. The first-order valence-corrected chi connectivity index (χ1v) is 9.34. The van der Waals surface area contributed by atoms with E-state index in [2.05, 4.69) is 19.2 Å². The van der Waals surface area contributed by atoms with Gasteiger partial charge in [-0.15, -0.1) is 0 Å². The van der Waals surface area contributed by atoms with Crippen LogP contribution in [0.1, 0.15) is 52.9 Å². The summed E-state index contributed by atoms with van der Waals surface area (Å²) >= 11 is 0. The Kier molecular flexibility index (Phi) is 5.45. The van der Waals surface area contributed by atoms with Crippen molar-refractivity contribution in [2.75, 3.05) is 19.6 Å². The fourth-order valence-electron chi connectivity index (χ4n) is 3.24. The molecule has 2 aliphatic heterocycles. The molecule has 0 aromatic heterocycles. The molecule has 0 aromatic carbocycles. The molecule has 0 aliphatic carbocycles. The van der Waals surface area contributed by atoms with Crippen molar-refractivity contribution < 1.29 is 8.42 Å². The van der Waals surface area contributed by atoms with Gasteiger partial charge in [0.2, 0.25) is 0 Å². The van der Waals surface area contributed by atoms with Gasteiger partial charge in [0.1, 0.15) is 0 Å². The lowest BCUT2D eigenvalue weighted by atomic mass is 10.0. The van der Waals surface area contributed by atoms with Crippen molar-refractivity contribution in [3.63, 3.8) is 0 Å². The summed E-state index contributed by atoms with van der Waals surface area (Å²) in [7, 11) is -3.28. The zero-order valence-electron chi connectivity index (χ0n) is 13.0. The van der Waals surface area contributed by atoms with Gasteiger partial charge in [-0.1, -0.05) is 20.3 Å². The smallest absolute Gasteiger partial charge is 0.282 e. The first-order chi connectivity index (χ1) is 9.43. The van der Waals surface area contributed by atoms with E-state index in [4.69, 9.17) is 0 Å². The summed E-state index contributed by atoms with van der Waals surface area (Å²) in [6.45, 7) is 8.35. The van der Waals surface area contributed by atoms with Crippen LogP contribution in [-0.4, -0.2) is 54.8 Å². The van der Waals surface area contributed by atoms with E-state index < -0.39 is 10.2 Å². The molecule has 20 heavy (non-hydrogen) atoms. The second-order valence-electron chi connectivity index (χ2n) is 6.43. The number of nitrogens with zero attached hydrogens (tertiary/aromatic N) is 2. The van der Waals surface area contributed by atoms with Crippen molar-refractivity contribution in [2.45, 2.75) is 71.0 Å². The molecule has 2 fully saturated rings. The zero-order chi connectivity index (χ0) is 14.8. The predicted molar refractivity (Wildman–Crippen MR) is 81.8 cm³/mol. The predicted octanol–water partition coefficient (Wildman–Crippen LogP) is 1.57. The highest BCUT2D eigenvalue weighted by Crippen LogP contribution is 2.27. The summed E-state index contributed by atoms with van der Waals surface area (Å²) in [5.74, 6) is 0. The maximum Gasteiger partial charge on any atom is 0.282 e. The number of nitrogens with one attached hydrogen (secondary N) is 1. The van der Waals surface area contributed by atoms with E-state index in [0.29, 0.717) is 19.1 Å². The Labute approximate surface area is 123 Å². The van der Waals surface area contributed by atoms with Gasteiger partial charge in [-0.25, -0.2) is 0 Å². The molecule has 0 aromatic rings. The van der Waals surface area contributed by atoms with Crippen LogP contribution in [0.4, 0.5) is 0 Å². The molecule has 1 N–H and O–H groups in total. The molecule has 0 spiro atoms. The van der Waals surface area contributed by atoms with E-state index in [1.165, 1.54) is 0 Å². The monoisotopic (exact) mass is 303 g/mol. The van der Waals surface area contributed by atoms with Crippen LogP contribution in [0.25, 0.3) is 0 Å². The van der Waals surface area contributed by atoms with Gasteiger partial charge < -0.3 is 5.32 Å². The molecular weight excluding hydrogens is 274 g/mol. The van der Waals surface area contributed by atoms with Gasteiger partial charge in [-0.3, -0.25) is 0 Å². The molecule has 0 radical (unpaired) electrons. The third-order valence-corrected chi connectivity index (χ3v) is 6.63. The Balaban J connectivity index is 2.10. The minimum atomic E-state index is -3.28. The maximum atomic E-state index is 12.9. The average molecular weight is 303 g/mol. The highest BCUT2D eigenvalue weighted by molar-refractivity contribution is 7.86. The van der Waals surface area contributed by atoms with Crippen LogP contribution < -0.4 is 5.32 Å². The van der Waals surface area contributed by atoms with E-state index in [9.17, 15) is 8.42 Å². The molecule has 5 nitrogen and oxygen atoms in total. The SMILES string of the molecule is CC(C)NCC1CCCCN1S(=O)(=O)N1CCCC1C. The van der Waals surface area contributed by atoms with Crippen molar-refractivity contribution >= 4 is 10.2 Å². The Morgan fingerprint density at radius 1 is 1.10 bits per heavy atom. The van der Waals surface area contributed by atoms with Crippen molar-refractivity contribution in [1.29, 1.82) is 0 Å². The van der Waals surface area contributed by atoms with Gasteiger partial charge in [-0.05, 0) is 32.6 Å². The van der Waals surface area contributed by atoms with E-state index in [0.717, 1.165) is 38.6 Å². The van der Waals surface area contributed by atoms with Crippen LogP contribution in [0.5, 0.6) is 0 Å². The highest BCUT2D eigenvalue weighted by atomic mass is 32.2. The van der Waals surface area contributed by atoms with Gasteiger partial charge in [-0.2, -0.15) is 17.0 Å². The summed E-state index contributed by atoms with van der Waals surface area (Å²) in [6, 6.07) is 0.664. The van der Waals surface area contributed by atoms with Gasteiger partial charge in [0.05, 0.1) is 0 Å². The summed E-state index contributed by atoms with van der Waals surface area (Å²) < 4.78 is 29.2. The lowest BCUT2D eigenvalue weighted by Crippen LogP contribution is -2.54. The van der Waals surface area contributed by atoms with E-state index in [1.54, 1.807) is 8.61 Å². The summed E-state index contributed by atoms with van der Waals surface area (Å²) in [6.07, 6.45) is 5.07.